The molecule has 1 amide bonds. The third-order valence-electron chi connectivity index (χ3n) is 3.97. The highest BCUT2D eigenvalue weighted by molar-refractivity contribution is 5.92. The lowest BCUT2D eigenvalue weighted by molar-refractivity contribution is -0.115. The summed E-state index contributed by atoms with van der Waals surface area (Å²) in [6.07, 6.45) is 0.179. The molecular formula is C20H20FN3O2. The molecule has 0 atom stereocenters. The SMILES string of the molecule is COc1cccc(CC(=O)Nc2ccc(-n3nc(C)cc3C)c(F)c2)c1. The number of ether oxygens (including phenoxy) is 1. The monoisotopic (exact) mass is 353 g/mol. The van der Waals surface area contributed by atoms with E-state index in [1.807, 2.05) is 38.1 Å². The second-order valence-electron chi connectivity index (χ2n) is 6.08. The number of amides is 1. The molecule has 0 aliphatic heterocycles. The zero-order valence-electron chi connectivity index (χ0n) is 14.9. The van der Waals surface area contributed by atoms with E-state index < -0.39 is 5.82 Å². The van der Waals surface area contributed by atoms with Gasteiger partial charge in [0.1, 0.15) is 11.4 Å². The summed E-state index contributed by atoms with van der Waals surface area (Å²) in [6.45, 7) is 3.72. The van der Waals surface area contributed by atoms with Gasteiger partial charge in [0.05, 0.1) is 19.2 Å². The van der Waals surface area contributed by atoms with Crippen LogP contribution in [0.15, 0.2) is 48.5 Å². The Hall–Kier alpha value is -3.15. The van der Waals surface area contributed by atoms with Crippen molar-refractivity contribution in [2.45, 2.75) is 20.3 Å². The lowest BCUT2D eigenvalue weighted by atomic mass is 10.1. The fraction of sp³-hybridized carbons (Fsp3) is 0.200. The molecule has 0 unspecified atom stereocenters. The number of nitrogens with zero attached hydrogens (tertiary/aromatic N) is 2. The van der Waals surface area contributed by atoms with Crippen LogP contribution in [-0.2, 0) is 11.2 Å². The fourth-order valence-electron chi connectivity index (χ4n) is 2.80. The molecule has 6 heteroatoms. The molecule has 0 spiro atoms. The number of methoxy groups -OCH3 is 1. The molecule has 1 N–H and O–H groups in total. The third-order valence-corrected chi connectivity index (χ3v) is 3.97. The van der Waals surface area contributed by atoms with Crippen molar-refractivity contribution in [1.82, 2.24) is 9.78 Å². The first kappa shape index (κ1) is 17.7. The van der Waals surface area contributed by atoms with Crippen molar-refractivity contribution in [3.8, 4) is 11.4 Å². The number of rotatable bonds is 5. The average molecular weight is 353 g/mol. The minimum atomic E-state index is -0.449. The summed E-state index contributed by atoms with van der Waals surface area (Å²) in [4.78, 5) is 12.2. The number of anilines is 1. The van der Waals surface area contributed by atoms with Gasteiger partial charge in [-0.2, -0.15) is 5.10 Å². The lowest BCUT2D eigenvalue weighted by Crippen LogP contribution is -2.15. The lowest BCUT2D eigenvalue weighted by Gasteiger charge is -2.10. The van der Waals surface area contributed by atoms with Crippen molar-refractivity contribution in [2.75, 3.05) is 12.4 Å². The van der Waals surface area contributed by atoms with Gasteiger partial charge >= 0.3 is 0 Å². The van der Waals surface area contributed by atoms with E-state index in [-0.39, 0.29) is 12.3 Å². The van der Waals surface area contributed by atoms with Crippen molar-refractivity contribution in [2.24, 2.45) is 0 Å². The molecular weight excluding hydrogens is 333 g/mol. The Morgan fingerprint density at radius 2 is 2.00 bits per heavy atom. The predicted molar refractivity (Wildman–Crippen MR) is 98.3 cm³/mol. The topological polar surface area (TPSA) is 56.1 Å². The molecule has 0 saturated carbocycles. The molecule has 0 aliphatic carbocycles. The Labute approximate surface area is 151 Å². The normalized spacial score (nSPS) is 10.6. The maximum atomic E-state index is 14.5. The Bertz CT molecular complexity index is 950. The van der Waals surface area contributed by atoms with Crippen LogP contribution in [0.1, 0.15) is 17.0 Å². The van der Waals surface area contributed by atoms with Crippen molar-refractivity contribution < 1.29 is 13.9 Å². The van der Waals surface area contributed by atoms with E-state index in [1.165, 1.54) is 6.07 Å². The molecule has 3 aromatic rings. The zero-order chi connectivity index (χ0) is 18.7. The van der Waals surface area contributed by atoms with Crippen LogP contribution in [0.4, 0.5) is 10.1 Å². The predicted octanol–water partition coefficient (Wildman–Crippen LogP) is 3.82. The Morgan fingerprint density at radius 3 is 2.65 bits per heavy atom. The van der Waals surface area contributed by atoms with Crippen molar-refractivity contribution >= 4 is 11.6 Å². The number of halogens is 1. The number of aromatic nitrogens is 2. The maximum absolute atomic E-state index is 14.5. The molecule has 134 valence electrons. The van der Waals surface area contributed by atoms with Gasteiger partial charge in [-0.15, -0.1) is 0 Å². The first-order valence-corrected chi connectivity index (χ1v) is 8.22. The van der Waals surface area contributed by atoms with Crippen LogP contribution in [0.25, 0.3) is 5.69 Å². The summed E-state index contributed by atoms with van der Waals surface area (Å²) in [5.41, 5.74) is 3.23. The summed E-state index contributed by atoms with van der Waals surface area (Å²) in [7, 11) is 1.58. The Morgan fingerprint density at radius 1 is 1.19 bits per heavy atom. The third kappa shape index (κ3) is 3.91. The number of carbonyl (C=O) groups is 1. The summed E-state index contributed by atoms with van der Waals surface area (Å²) in [6, 6.07) is 13.7. The first-order chi connectivity index (χ1) is 12.5. The van der Waals surface area contributed by atoms with Gasteiger partial charge in [0.25, 0.3) is 0 Å². The van der Waals surface area contributed by atoms with Gasteiger partial charge in [0, 0.05) is 11.4 Å². The van der Waals surface area contributed by atoms with Gasteiger partial charge in [-0.25, -0.2) is 9.07 Å². The Kier molecular flexibility index (Phi) is 5.02. The molecule has 0 saturated heterocycles. The quantitative estimate of drug-likeness (QED) is 0.759. The van der Waals surface area contributed by atoms with E-state index >= 15 is 0 Å². The van der Waals surface area contributed by atoms with Crippen LogP contribution >= 0.6 is 0 Å². The molecule has 2 aromatic carbocycles. The number of hydrogen-bond donors (Lipinski definition) is 1. The summed E-state index contributed by atoms with van der Waals surface area (Å²) < 4.78 is 21.2. The van der Waals surface area contributed by atoms with E-state index in [2.05, 4.69) is 10.4 Å². The van der Waals surface area contributed by atoms with Crippen LogP contribution in [0.5, 0.6) is 5.75 Å². The minimum absolute atomic E-state index is 0.179. The minimum Gasteiger partial charge on any atom is -0.497 e. The van der Waals surface area contributed by atoms with E-state index in [0.29, 0.717) is 17.1 Å². The molecule has 0 aliphatic rings. The van der Waals surface area contributed by atoms with E-state index in [0.717, 1.165) is 17.0 Å². The smallest absolute Gasteiger partial charge is 0.228 e. The molecule has 0 bridgehead atoms. The van der Waals surface area contributed by atoms with Crippen LogP contribution in [0, 0.1) is 19.7 Å². The molecule has 1 heterocycles. The number of nitrogens with one attached hydrogen (secondary N) is 1. The molecule has 0 radical (unpaired) electrons. The van der Waals surface area contributed by atoms with Crippen LogP contribution in [0.3, 0.4) is 0 Å². The molecule has 3 rings (SSSR count). The van der Waals surface area contributed by atoms with Gasteiger partial charge < -0.3 is 10.1 Å². The number of benzene rings is 2. The Balaban J connectivity index is 1.73. The standard InChI is InChI=1S/C20H20FN3O2/c1-13-9-14(2)24(23-13)19-8-7-16(12-18(19)21)22-20(25)11-15-5-4-6-17(10-15)26-3/h4-10,12H,11H2,1-3H3,(H,22,25). The summed E-state index contributed by atoms with van der Waals surface area (Å²) in [5, 5.41) is 7.00. The van der Waals surface area contributed by atoms with Crippen LogP contribution < -0.4 is 10.1 Å². The van der Waals surface area contributed by atoms with Crippen molar-refractivity contribution in [1.29, 1.82) is 0 Å². The second-order valence-corrected chi connectivity index (χ2v) is 6.08. The number of carbonyl (C=O) groups excluding carboxylic acids is 1. The zero-order valence-corrected chi connectivity index (χ0v) is 14.9. The van der Waals surface area contributed by atoms with Crippen LogP contribution in [0.2, 0.25) is 0 Å². The molecule has 26 heavy (non-hydrogen) atoms. The van der Waals surface area contributed by atoms with Gasteiger partial charge in [0.15, 0.2) is 5.82 Å². The van der Waals surface area contributed by atoms with Gasteiger partial charge in [-0.05, 0) is 55.8 Å². The summed E-state index contributed by atoms with van der Waals surface area (Å²) >= 11 is 0. The number of hydrogen-bond acceptors (Lipinski definition) is 3. The van der Waals surface area contributed by atoms with Crippen molar-refractivity contribution in [3.05, 3.63) is 71.3 Å². The molecule has 5 nitrogen and oxygen atoms in total. The van der Waals surface area contributed by atoms with Crippen molar-refractivity contribution in [3.63, 3.8) is 0 Å². The number of aryl methyl sites for hydroxylation is 2. The van der Waals surface area contributed by atoms with Gasteiger partial charge in [0.2, 0.25) is 5.91 Å². The van der Waals surface area contributed by atoms with Crippen LogP contribution in [-0.4, -0.2) is 22.8 Å². The maximum Gasteiger partial charge on any atom is 0.228 e. The van der Waals surface area contributed by atoms with E-state index in [4.69, 9.17) is 4.74 Å². The largest absolute Gasteiger partial charge is 0.497 e. The fourth-order valence-corrected chi connectivity index (χ4v) is 2.80. The highest BCUT2D eigenvalue weighted by Crippen LogP contribution is 2.20. The van der Waals surface area contributed by atoms with Gasteiger partial charge in [-0.1, -0.05) is 12.1 Å². The highest BCUT2D eigenvalue weighted by atomic mass is 19.1. The second kappa shape index (κ2) is 7.39. The van der Waals surface area contributed by atoms with E-state index in [1.54, 1.807) is 30.0 Å². The van der Waals surface area contributed by atoms with E-state index in [9.17, 15) is 9.18 Å². The first-order valence-electron chi connectivity index (χ1n) is 8.22. The average Bonchev–Trinajstić information content (AvgIpc) is 2.93. The molecule has 1 aromatic heterocycles. The highest BCUT2D eigenvalue weighted by Gasteiger charge is 2.11. The van der Waals surface area contributed by atoms with Gasteiger partial charge in [-0.3, -0.25) is 4.79 Å². The molecule has 0 fully saturated rings. The summed E-state index contributed by atoms with van der Waals surface area (Å²) in [5.74, 6) is 0.0162.